The number of hydrogen-bond donors (Lipinski definition) is 0. The number of nitriles is 1. The van der Waals surface area contributed by atoms with Crippen molar-refractivity contribution < 1.29 is 4.79 Å². The number of aromatic nitrogens is 1. The van der Waals surface area contributed by atoms with Crippen molar-refractivity contribution >= 4 is 23.4 Å². The van der Waals surface area contributed by atoms with Crippen molar-refractivity contribution in [3.63, 3.8) is 0 Å². The molecule has 1 aliphatic heterocycles. The summed E-state index contributed by atoms with van der Waals surface area (Å²) >= 11 is 1.35. The molecule has 1 aliphatic rings. The maximum atomic E-state index is 13.4. The van der Waals surface area contributed by atoms with E-state index in [1.165, 1.54) is 22.9 Å². The van der Waals surface area contributed by atoms with Gasteiger partial charge in [-0.25, -0.2) is 4.98 Å². The van der Waals surface area contributed by atoms with E-state index in [9.17, 15) is 10.1 Å². The fraction of sp³-hybridized carbons (Fsp3) is 0.242. The predicted molar refractivity (Wildman–Crippen MR) is 156 cm³/mol. The highest BCUT2D eigenvalue weighted by molar-refractivity contribution is 8.00. The number of anilines is 1. The second-order valence-corrected chi connectivity index (χ2v) is 11.6. The smallest absolute Gasteiger partial charge is 0.237 e. The molecule has 0 saturated carbocycles. The molecular weight excluding hydrogens is 486 g/mol. The second kappa shape index (κ2) is 10.8. The molecule has 38 heavy (non-hydrogen) atoms. The lowest BCUT2D eigenvalue weighted by molar-refractivity contribution is -0.116. The summed E-state index contributed by atoms with van der Waals surface area (Å²) < 4.78 is 0. The van der Waals surface area contributed by atoms with E-state index in [4.69, 9.17) is 4.98 Å². The Morgan fingerprint density at radius 3 is 2.39 bits per heavy atom. The highest BCUT2D eigenvalue weighted by Gasteiger charge is 2.24. The average Bonchev–Trinajstić information content (AvgIpc) is 2.95. The third kappa shape index (κ3) is 5.37. The minimum atomic E-state index is 0.0361. The molecule has 0 fully saturated rings. The lowest BCUT2D eigenvalue weighted by atomic mass is 9.86. The number of thioether (sulfide) groups is 1. The van der Waals surface area contributed by atoms with E-state index < -0.39 is 0 Å². The van der Waals surface area contributed by atoms with Crippen LogP contribution in [0.5, 0.6) is 0 Å². The first-order valence-corrected chi connectivity index (χ1v) is 14.0. The zero-order chi connectivity index (χ0) is 26.7. The Morgan fingerprint density at radius 2 is 1.68 bits per heavy atom. The zero-order valence-electron chi connectivity index (χ0n) is 22.1. The summed E-state index contributed by atoms with van der Waals surface area (Å²) in [5.41, 5.74) is 7.55. The molecule has 2 heterocycles. The van der Waals surface area contributed by atoms with Crippen molar-refractivity contribution in [3.8, 4) is 28.5 Å². The van der Waals surface area contributed by atoms with E-state index in [2.05, 4.69) is 57.2 Å². The first-order chi connectivity index (χ1) is 18.3. The fourth-order valence-corrected chi connectivity index (χ4v) is 5.75. The minimum absolute atomic E-state index is 0.0361. The van der Waals surface area contributed by atoms with Gasteiger partial charge >= 0.3 is 0 Å². The Labute approximate surface area is 229 Å². The molecule has 4 nitrogen and oxygen atoms in total. The molecule has 1 aromatic heterocycles. The van der Waals surface area contributed by atoms with Crippen LogP contribution in [0.25, 0.3) is 22.4 Å². The van der Waals surface area contributed by atoms with Crippen molar-refractivity contribution in [2.24, 2.45) is 0 Å². The lowest BCUT2D eigenvalue weighted by Crippen LogP contribution is -2.36. The number of fused-ring (bicyclic) bond motifs is 1. The van der Waals surface area contributed by atoms with Gasteiger partial charge in [0.2, 0.25) is 5.91 Å². The van der Waals surface area contributed by atoms with E-state index in [0.29, 0.717) is 17.1 Å². The van der Waals surface area contributed by atoms with Crippen molar-refractivity contribution in [1.29, 1.82) is 5.26 Å². The van der Waals surface area contributed by atoms with Gasteiger partial charge in [-0.15, -0.1) is 0 Å². The average molecular weight is 518 g/mol. The molecule has 0 radical (unpaired) electrons. The van der Waals surface area contributed by atoms with Gasteiger partial charge in [0.1, 0.15) is 11.1 Å². The molecule has 0 spiro atoms. The van der Waals surface area contributed by atoms with Crippen LogP contribution in [0, 0.1) is 11.3 Å². The maximum absolute atomic E-state index is 13.4. The van der Waals surface area contributed by atoms with E-state index in [0.717, 1.165) is 40.9 Å². The normalized spacial score (nSPS) is 13.1. The number of hydrogen-bond acceptors (Lipinski definition) is 4. The number of pyridine rings is 1. The fourth-order valence-electron chi connectivity index (χ4n) is 4.87. The number of para-hydroxylation sites is 1. The Hall–Kier alpha value is -3.88. The molecule has 5 heteroatoms. The minimum Gasteiger partial charge on any atom is -0.311 e. The summed E-state index contributed by atoms with van der Waals surface area (Å²) in [5, 5.41) is 10.8. The van der Waals surface area contributed by atoms with E-state index >= 15 is 0 Å². The van der Waals surface area contributed by atoms with Crippen molar-refractivity contribution in [1.82, 2.24) is 4.98 Å². The van der Waals surface area contributed by atoms with Crippen LogP contribution in [-0.2, 0) is 16.6 Å². The first-order valence-electron chi connectivity index (χ1n) is 13.0. The molecule has 0 atom stereocenters. The van der Waals surface area contributed by atoms with Gasteiger partial charge in [0.05, 0.1) is 17.0 Å². The van der Waals surface area contributed by atoms with E-state index in [-0.39, 0.29) is 17.1 Å². The number of rotatable bonds is 5. The van der Waals surface area contributed by atoms with Crippen LogP contribution in [0.1, 0.15) is 43.9 Å². The largest absolute Gasteiger partial charge is 0.311 e. The molecule has 4 aromatic rings. The summed E-state index contributed by atoms with van der Waals surface area (Å²) in [5.74, 6) is 0.255. The number of nitrogens with zero attached hydrogens (tertiary/aromatic N) is 3. The number of benzene rings is 3. The maximum Gasteiger partial charge on any atom is 0.237 e. The van der Waals surface area contributed by atoms with Crippen LogP contribution in [0.4, 0.5) is 5.69 Å². The van der Waals surface area contributed by atoms with Gasteiger partial charge in [-0.1, -0.05) is 105 Å². The third-order valence-corrected chi connectivity index (χ3v) is 7.93. The summed E-state index contributed by atoms with van der Waals surface area (Å²) in [6, 6.07) is 30.9. The molecule has 0 saturated heterocycles. The molecule has 0 aliphatic carbocycles. The Kier molecular flexibility index (Phi) is 7.35. The molecule has 0 N–H and O–H groups in total. The van der Waals surface area contributed by atoms with Crippen LogP contribution in [0.2, 0.25) is 0 Å². The lowest BCUT2D eigenvalue weighted by Gasteiger charge is -2.29. The quantitative estimate of drug-likeness (QED) is 0.255. The number of carbonyl (C=O) groups excluding carboxylic acids is 1. The SMILES string of the molecule is CC(C)(C)c1ccc(-c2cc(-c3ccccc3)nc(SCC(=O)N3CCCc4ccccc43)c2C#N)cc1. The second-order valence-electron chi connectivity index (χ2n) is 10.6. The molecular formula is C33H31N3OS. The van der Waals surface area contributed by atoms with Gasteiger partial charge in [-0.2, -0.15) is 5.26 Å². The van der Waals surface area contributed by atoms with Crippen LogP contribution in [0.3, 0.4) is 0 Å². The molecule has 3 aromatic carbocycles. The van der Waals surface area contributed by atoms with Gasteiger partial charge in [0.25, 0.3) is 0 Å². The third-order valence-electron chi connectivity index (χ3n) is 6.97. The highest BCUT2D eigenvalue weighted by atomic mass is 32.2. The molecule has 0 unspecified atom stereocenters. The molecule has 190 valence electrons. The Balaban J connectivity index is 1.51. The van der Waals surface area contributed by atoms with Crippen LogP contribution >= 0.6 is 11.8 Å². The zero-order valence-corrected chi connectivity index (χ0v) is 22.9. The Morgan fingerprint density at radius 1 is 0.974 bits per heavy atom. The van der Waals surface area contributed by atoms with Gasteiger partial charge in [-0.05, 0) is 47.1 Å². The summed E-state index contributed by atoms with van der Waals surface area (Å²) in [6.45, 7) is 7.28. The molecule has 5 rings (SSSR count). The van der Waals surface area contributed by atoms with Crippen molar-refractivity contribution in [3.05, 3.63) is 102 Å². The topological polar surface area (TPSA) is 57.0 Å². The van der Waals surface area contributed by atoms with Gasteiger partial charge in [-0.3, -0.25) is 4.79 Å². The standard InChI is InChI=1S/C33H31N3OS/c1-33(2,3)26-17-15-23(16-18-26)27-20-29(24-10-5-4-6-11-24)35-32(28(27)21-34)38-22-31(37)36-19-9-13-25-12-7-8-14-30(25)36/h4-8,10-12,14-18,20H,9,13,19,22H2,1-3H3. The highest BCUT2D eigenvalue weighted by Crippen LogP contribution is 2.36. The van der Waals surface area contributed by atoms with Crippen molar-refractivity contribution in [2.75, 3.05) is 17.2 Å². The number of carbonyl (C=O) groups is 1. The Bertz CT molecular complexity index is 1500. The first kappa shape index (κ1) is 25.8. The number of aryl methyl sites for hydroxylation is 1. The summed E-state index contributed by atoms with van der Waals surface area (Å²) in [4.78, 5) is 20.1. The van der Waals surface area contributed by atoms with E-state index in [1.807, 2.05) is 59.5 Å². The summed E-state index contributed by atoms with van der Waals surface area (Å²) in [7, 11) is 0. The van der Waals surface area contributed by atoms with E-state index in [1.54, 1.807) is 0 Å². The number of amides is 1. The van der Waals surface area contributed by atoms with Gasteiger partial charge in [0.15, 0.2) is 0 Å². The molecule has 0 bridgehead atoms. The van der Waals surface area contributed by atoms with Crippen LogP contribution in [0.15, 0.2) is 90.0 Å². The molecule has 1 amide bonds. The summed E-state index contributed by atoms with van der Waals surface area (Å²) in [6.07, 6.45) is 1.94. The van der Waals surface area contributed by atoms with Gasteiger partial charge < -0.3 is 4.90 Å². The predicted octanol–water partition coefficient (Wildman–Crippen LogP) is 7.66. The van der Waals surface area contributed by atoms with Crippen molar-refractivity contribution in [2.45, 2.75) is 44.1 Å². The monoisotopic (exact) mass is 517 g/mol. The van der Waals surface area contributed by atoms with Crippen LogP contribution < -0.4 is 4.90 Å². The van der Waals surface area contributed by atoms with Gasteiger partial charge in [0, 0.05) is 23.4 Å². The van der Waals surface area contributed by atoms with Crippen LogP contribution in [-0.4, -0.2) is 23.2 Å².